The quantitative estimate of drug-likeness (QED) is 0.785. The van der Waals surface area contributed by atoms with E-state index in [2.05, 4.69) is 22.1 Å². The van der Waals surface area contributed by atoms with Crippen LogP contribution in [0, 0.1) is 13.8 Å². The summed E-state index contributed by atoms with van der Waals surface area (Å²) in [5.41, 5.74) is 2.41. The average molecular weight is 236 g/mol. The lowest BCUT2D eigenvalue weighted by Crippen LogP contribution is -2.35. The van der Waals surface area contributed by atoms with Gasteiger partial charge in [0.1, 0.15) is 0 Å². The second-order valence-corrected chi connectivity index (χ2v) is 4.76. The van der Waals surface area contributed by atoms with E-state index in [4.69, 9.17) is 0 Å². The van der Waals surface area contributed by atoms with Gasteiger partial charge in [-0.15, -0.1) is 0 Å². The topological polar surface area (TPSA) is 52.2 Å². The Balaban J connectivity index is 2.14. The first-order chi connectivity index (χ1) is 8.09. The third kappa shape index (κ3) is 2.49. The predicted molar refractivity (Wildman–Crippen MR) is 66.1 cm³/mol. The van der Waals surface area contributed by atoms with E-state index in [1.165, 1.54) is 0 Å². The molecule has 1 fully saturated rings. The van der Waals surface area contributed by atoms with Crippen molar-refractivity contribution in [3.63, 3.8) is 0 Å². The number of carbonyl (C=O) groups is 1. The van der Waals surface area contributed by atoms with Gasteiger partial charge in [0.05, 0.1) is 11.3 Å². The second kappa shape index (κ2) is 4.87. The first-order valence-corrected chi connectivity index (χ1v) is 6.09. The van der Waals surface area contributed by atoms with E-state index in [1.54, 1.807) is 0 Å². The number of aryl methyl sites for hydroxylation is 2. The van der Waals surface area contributed by atoms with Crippen molar-refractivity contribution >= 4 is 5.91 Å². The maximum atomic E-state index is 12.4. The third-order valence-electron chi connectivity index (χ3n) is 3.35. The smallest absolute Gasteiger partial charge is 0.257 e. The summed E-state index contributed by atoms with van der Waals surface area (Å²) < 4.78 is 0. The largest absolute Gasteiger partial charge is 0.337 e. The molecule has 2 rings (SSSR count). The van der Waals surface area contributed by atoms with Crippen LogP contribution in [-0.4, -0.2) is 59.1 Å². The molecule has 0 atom stereocenters. The zero-order valence-corrected chi connectivity index (χ0v) is 10.8. The summed E-state index contributed by atoms with van der Waals surface area (Å²) in [7, 11) is 2.10. The van der Waals surface area contributed by atoms with Gasteiger partial charge in [0.15, 0.2) is 0 Å². The molecule has 1 amide bonds. The van der Waals surface area contributed by atoms with Gasteiger partial charge in [-0.1, -0.05) is 0 Å². The van der Waals surface area contributed by atoms with Crippen LogP contribution in [0.25, 0.3) is 0 Å². The molecule has 1 saturated heterocycles. The van der Waals surface area contributed by atoms with Crippen LogP contribution in [0.4, 0.5) is 0 Å². The zero-order chi connectivity index (χ0) is 12.4. The number of nitrogens with one attached hydrogen (secondary N) is 1. The molecule has 0 bridgehead atoms. The third-order valence-corrected chi connectivity index (χ3v) is 3.35. The molecular weight excluding hydrogens is 216 g/mol. The maximum Gasteiger partial charge on any atom is 0.257 e. The summed E-state index contributed by atoms with van der Waals surface area (Å²) in [6, 6.07) is 0. The van der Waals surface area contributed by atoms with Crippen molar-refractivity contribution in [3.05, 3.63) is 17.0 Å². The van der Waals surface area contributed by atoms with Gasteiger partial charge in [-0.3, -0.25) is 9.89 Å². The summed E-state index contributed by atoms with van der Waals surface area (Å²) in [4.78, 5) is 16.6. The molecule has 0 saturated carbocycles. The Morgan fingerprint density at radius 1 is 1.24 bits per heavy atom. The number of hydrogen-bond donors (Lipinski definition) is 1. The average Bonchev–Trinajstić information content (AvgIpc) is 2.51. The lowest BCUT2D eigenvalue weighted by atomic mass is 10.1. The number of H-pyrrole nitrogens is 1. The van der Waals surface area contributed by atoms with Crippen LogP contribution in [-0.2, 0) is 0 Å². The fraction of sp³-hybridized carbons (Fsp3) is 0.667. The summed E-state index contributed by atoms with van der Waals surface area (Å²) >= 11 is 0. The highest BCUT2D eigenvalue weighted by molar-refractivity contribution is 5.96. The Morgan fingerprint density at radius 3 is 2.65 bits per heavy atom. The molecule has 0 radical (unpaired) electrons. The first kappa shape index (κ1) is 12.1. The van der Waals surface area contributed by atoms with Crippen molar-refractivity contribution in [2.24, 2.45) is 0 Å². The van der Waals surface area contributed by atoms with Crippen LogP contribution in [0.15, 0.2) is 0 Å². The van der Waals surface area contributed by atoms with Gasteiger partial charge in [0.2, 0.25) is 0 Å². The molecule has 5 heteroatoms. The number of rotatable bonds is 1. The van der Waals surface area contributed by atoms with Gasteiger partial charge in [0.25, 0.3) is 5.91 Å². The standard InChI is InChI=1S/C12H20N4O/c1-9-11(10(2)14-13-9)12(17)16-6-4-5-15(3)7-8-16/h4-8H2,1-3H3,(H,13,14). The van der Waals surface area contributed by atoms with Gasteiger partial charge >= 0.3 is 0 Å². The highest BCUT2D eigenvalue weighted by Gasteiger charge is 2.23. The molecule has 5 nitrogen and oxygen atoms in total. The van der Waals surface area contributed by atoms with E-state index in [9.17, 15) is 4.79 Å². The van der Waals surface area contributed by atoms with Crippen LogP contribution in [0.3, 0.4) is 0 Å². The molecule has 0 spiro atoms. The molecule has 1 aliphatic rings. The molecule has 0 aliphatic carbocycles. The van der Waals surface area contributed by atoms with Crippen LogP contribution >= 0.6 is 0 Å². The molecule has 17 heavy (non-hydrogen) atoms. The van der Waals surface area contributed by atoms with Gasteiger partial charge in [0, 0.05) is 25.3 Å². The fourth-order valence-corrected chi connectivity index (χ4v) is 2.27. The number of amides is 1. The summed E-state index contributed by atoms with van der Waals surface area (Å²) in [6.07, 6.45) is 1.04. The summed E-state index contributed by atoms with van der Waals surface area (Å²) in [5.74, 6) is 0.115. The van der Waals surface area contributed by atoms with Gasteiger partial charge < -0.3 is 9.80 Å². The number of nitrogens with zero attached hydrogens (tertiary/aromatic N) is 3. The van der Waals surface area contributed by atoms with Crippen LogP contribution in [0.5, 0.6) is 0 Å². The van der Waals surface area contributed by atoms with E-state index in [-0.39, 0.29) is 5.91 Å². The molecule has 1 aliphatic heterocycles. The van der Waals surface area contributed by atoms with Crippen molar-refractivity contribution in [3.8, 4) is 0 Å². The Bertz CT molecular complexity index is 393. The minimum atomic E-state index is 0.115. The second-order valence-electron chi connectivity index (χ2n) is 4.76. The molecular formula is C12H20N4O. The number of likely N-dealkylation sites (N-methyl/N-ethyl adjacent to an activating group) is 1. The minimum absolute atomic E-state index is 0.115. The van der Waals surface area contributed by atoms with Crippen molar-refractivity contribution in [1.82, 2.24) is 20.0 Å². The molecule has 0 unspecified atom stereocenters. The van der Waals surface area contributed by atoms with E-state index in [0.29, 0.717) is 0 Å². The highest BCUT2D eigenvalue weighted by atomic mass is 16.2. The molecule has 1 aromatic rings. The van der Waals surface area contributed by atoms with E-state index < -0.39 is 0 Å². The van der Waals surface area contributed by atoms with Crippen molar-refractivity contribution in [2.75, 3.05) is 33.2 Å². The first-order valence-electron chi connectivity index (χ1n) is 6.09. The van der Waals surface area contributed by atoms with Crippen LogP contribution in [0.1, 0.15) is 28.2 Å². The Kier molecular flexibility index (Phi) is 3.47. The Morgan fingerprint density at radius 2 is 2.00 bits per heavy atom. The normalized spacial score (nSPS) is 18.2. The van der Waals surface area contributed by atoms with Crippen LogP contribution in [0.2, 0.25) is 0 Å². The molecule has 1 N–H and O–H groups in total. The highest BCUT2D eigenvalue weighted by Crippen LogP contribution is 2.14. The fourth-order valence-electron chi connectivity index (χ4n) is 2.27. The van der Waals surface area contributed by atoms with Crippen molar-refractivity contribution in [1.29, 1.82) is 0 Å². The Labute approximate surface area is 102 Å². The lowest BCUT2D eigenvalue weighted by Gasteiger charge is -2.20. The SMILES string of the molecule is Cc1n[nH]c(C)c1C(=O)N1CCCN(C)CC1. The van der Waals surface area contributed by atoms with Gasteiger partial charge in [-0.2, -0.15) is 5.10 Å². The monoisotopic (exact) mass is 236 g/mol. The zero-order valence-electron chi connectivity index (χ0n) is 10.8. The number of carbonyl (C=O) groups excluding carboxylic acids is 1. The predicted octanol–water partition coefficient (Wildman–Crippen LogP) is 0.804. The number of aromatic amines is 1. The number of aromatic nitrogens is 2. The van der Waals surface area contributed by atoms with E-state index in [0.717, 1.165) is 49.6 Å². The molecule has 1 aromatic heterocycles. The van der Waals surface area contributed by atoms with Gasteiger partial charge in [-0.05, 0) is 33.9 Å². The van der Waals surface area contributed by atoms with Crippen molar-refractivity contribution in [2.45, 2.75) is 20.3 Å². The van der Waals surface area contributed by atoms with E-state index in [1.807, 2.05) is 18.7 Å². The molecule has 0 aromatic carbocycles. The molecule has 94 valence electrons. The summed E-state index contributed by atoms with van der Waals surface area (Å²) in [6.45, 7) is 7.43. The van der Waals surface area contributed by atoms with E-state index >= 15 is 0 Å². The summed E-state index contributed by atoms with van der Waals surface area (Å²) in [5, 5.41) is 6.96. The molecule has 2 heterocycles. The number of hydrogen-bond acceptors (Lipinski definition) is 3. The van der Waals surface area contributed by atoms with Crippen molar-refractivity contribution < 1.29 is 4.79 Å². The van der Waals surface area contributed by atoms with Crippen LogP contribution < -0.4 is 0 Å². The van der Waals surface area contributed by atoms with Gasteiger partial charge in [-0.25, -0.2) is 0 Å². The maximum absolute atomic E-state index is 12.4. The Hall–Kier alpha value is -1.36. The lowest BCUT2D eigenvalue weighted by molar-refractivity contribution is 0.0761. The minimum Gasteiger partial charge on any atom is -0.337 e.